The van der Waals surface area contributed by atoms with Crippen LogP contribution in [0.5, 0.6) is 5.75 Å². The van der Waals surface area contributed by atoms with E-state index in [1.807, 2.05) is 32.0 Å². The Hall–Kier alpha value is -1.39. The maximum atomic E-state index is 5.91. The van der Waals surface area contributed by atoms with Crippen molar-refractivity contribution in [3.05, 3.63) is 45.9 Å². The first-order chi connectivity index (χ1) is 9.24. The zero-order valence-electron chi connectivity index (χ0n) is 11.4. The minimum absolute atomic E-state index is 0.264. The third-order valence-electron chi connectivity index (χ3n) is 3.01. The number of benzene rings is 1. The van der Waals surface area contributed by atoms with Crippen molar-refractivity contribution in [2.45, 2.75) is 26.2 Å². The van der Waals surface area contributed by atoms with Crippen LogP contribution >= 0.6 is 11.3 Å². The smallest absolute Gasteiger partial charge is 0.122 e. The summed E-state index contributed by atoms with van der Waals surface area (Å²) < 4.78 is 5.67. The third-order valence-corrected chi connectivity index (χ3v) is 4.13. The quantitative estimate of drug-likeness (QED) is 0.881. The molecule has 0 bridgehead atoms. The van der Waals surface area contributed by atoms with Crippen LogP contribution in [0.3, 0.4) is 0 Å². The summed E-state index contributed by atoms with van der Waals surface area (Å²) in [5, 5.41) is 3.19. The number of ether oxygens (including phenoxy) is 1. The zero-order valence-corrected chi connectivity index (χ0v) is 12.2. The van der Waals surface area contributed by atoms with Crippen molar-refractivity contribution < 1.29 is 4.74 Å². The molecule has 1 aromatic heterocycles. The Balaban J connectivity index is 2.18. The minimum Gasteiger partial charge on any atom is -0.494 e. The SMILES string of the molecule is CCOc1ccccc1CC(CN)c1nc(C)cs1. The van der Waals surface area contributed by atoms with Crippen molar-refractivity contribution in [2.75, 3.05) is 13.2 Å². The predicted octanol–water partition coefficient (Wildman–Crippen LogP) is 3.14. The summed E-state index contributed by atoms with van der Waals surface area (Å²) in [4.78, 5) is 4.55. The molecule has 2 N–H and O–H groups in total. The van der Waals surface area contributed by atoms with E-state index in [1.54, 1.807) is 11.3 Å². The second-order valence-electron chi connectivity index (χ2n) is 4.50. The molecule has 4 heteroatoms. The molecule has 1 heterocycles. The second-order valence-corrected chi connectivity index (χ2v) is 5.39. The van der Waals surface area contributed by atoms with Gasteiger partial charge in [-0.15, -0.1) is 11.3 Å². The number of rotatable bonds is 6. The number of para-hydroxylation sites is 1. The lowest BCUT2D eigenvalue weighted by Gasteiger charge is -2.15. The van der Waals surface area contributed by atoms with Crippen molar-refractivity contribution in [1.29, 1.82) is 0 Å². The average molecular weight is 276 g/mol. The average Bonchev–Trinajstić information content (AvgIpc) is 2.84. The Morgan fingerprint density at radius 2 is 2.16 bits per heavy atom. The van der Waals surface area contributed by atoms with E-state index < -0.39 is 0 Å². The van der Waals surface area contributed by atoms with Gasteiger partial charge >= 0.3 is 0 Å². The molecule has 1 aromatic carbocycles. The maximum absolute atomic E-state index is 5.91. The fourth-order valence-electron chi connectivity index (χ4n) is 2.07. The van der Waals surface area contributed by atoms with Crippen molar-refractivity contribution in [3.8, 4) is 5.75 Å². The highest BCUT2D eigenvalue weighted by Crippen LogP contribution is 2.27. The van der Waals surface area contributed by atoms with Gasteiger partial charge in [0.05, 0.1) is 11.6 Å². The van der Waals surface area contributed by atoms with Crippen molar-refractivity contribution in [1.82, 2.24) is 4.98 Å². The van der Waals surface area contributed by atoms with Crippen LogP contribution in [0.1, 0.15) is 29.1 Å². The summed E-state index contributed by atoms with van der Waals surface area (Å²) in [6.07, 6.45) is 0.875. The van der Waals surface area contributed by atoms with E-state index in [4.69, 9.17) is 10.5 Å². The molecule has 0 spiro atoms. The Bertz CT molecular complexity index is 524. The minimum atomic E-state index is 0.264. The van der Waals surface area contributed by atoms with Crippen LogP contribution in [0.4, 0.5) is 0 Å². The van der Waals surface area contributed by atoms with Crippen LogP contribution in [0, 0.1) is 6.92 Å². The maximum Gasteiger partial charge on any atom is 0.122 e. The fraction of sp³-hybridized carbons (Fsp3) is 0.400. The van der Waals surface area contributed by atoms with Gasteiger partial charge in [0.1, 0.15) is 5.75 Å². The van der Waals surface area contributed by atoms with Gasteiger partial charge in [-0.3, -0.25) is 0 Å². The number of hydrogen-bond acceptors (Lipinski definition) is 4. The van der Waals surface area contributed by atoms with E-state index in [9.17, 15) is 0 Å². The zero-order chi connectivity index (χ0) is 13.7. The van der Waals surface area contributed by atoms with Crippen LogP contribution in [0.25, 0.3) is 0 Å². The molecule has 2 rings (SSSR count). The fourth-order valence-corrected chi connectivity index (χ4v) is 2.98. The summed E-state index contributed by atoms with van der Waals surface area (Å²) in [6.45, 7) is 5.30. The summed E-state index contributed by atoms with van der Waals surface area (Å²) in [7, 11) is 0. The molecule has 1 atom stereocenters. The molecule has 0 radical (unpaired) electrons. The standard InChI is InChI=1S/C15H20N2OS/c1-3-18-14-7-5-4-6-12(14)8-13(9-16)15-17-11(2)10-19-15/h4-7,10,13H,3,8-9,16H2,1-2H3. The van der Waals surface area contributed by atoms with Gasteiger partial charge in [0, 0.05) is 23.5 Å². The van der Waals surface area contributed by atoms with Crippen LogP contribution in [-0.2, 0) is 6.42 Å². The molecule has 0 saturated carbocycles. The number of nitrogens with two attached hydrogens (primary N) is 1. The summed E-state index contributed by atoms with van der Waals surface area (Å²) in [6, 6.07) is 8.16. The summed E-state index contributed by atoms with van der Waals surface area (Å²) in [5.74, 6) is 1.22. The first-order valence-corrected chi connectivity index (χ1v) is 7.45. The first-order valence-electron chi connectivity index (χ1n) is 6.57. The molecule has 0 aliphatic carbocycles. The van der Waals surface area contributed by atoms with Gasteiger partial charge in [-0.2, -0.15) is 0 Å². The van der Waals surface area contributed by atoms with Crippen LogP contribution < -0.4 is 10.5 Å². The summed E-state index contributed by atoms with van der Waals surface area (Å²) in [5.41, 5.74) is 8.18. The van der Waals surface area contributed by atoms with E-state index in [2.05, 4.69) is 16.4 Å². The van der Waals surface area contributed by atoms with E-state index in [1.165, 1.54) is 5.56 Å². The molecule has 3 nitrogen and oxygen atoms in total. The van der Waals surface area contributed by atoms with E-state index in [-0.39, 0.29) is 5.92 Å². The van der Waals surface area contributed by atoms with Crippen molar-refractivity contribution in [3.63, 3.8) is 0 Å². The highest BCUT2D eigenvalue weighted by Gasteiger charge is 2.16. The van der Waals surface area contributed by atoms with Gasteiger partial charge < -0.3 is 10.5 Å². The number of aryl methyl sites for hydroxylation is 1. The Kier molecular flexibility index (Phi) is 4.93. The van der Waals surface area contributed by atoms with Gasteiger partial charge in [0.25, 0.3) is 0 Å². The Morgan fingerprint density at radius 3 is 2.79 bits per heavy atom. The lowest BCUT2D eigenvalue weighted by molar-refractivity contribution is 0.335. The Morgan fingerprint density at radius 1 is 1.37 bits per heavy atom. The van der Waals surface area contributed by atoms with E-state index >= 15 is 0 Å². The molecule has 0 aliphatic rings. The number of hydrogen-bond donors (Lipinski definition) is 1. The van der Waals surface area contributed by atoms with Crippen molar-refractivity contribution in [2.24, 2.45) is 5.73 Å². The predicted molar refractivity (Wildman–Crippen MR) is 80.0 cm³/mol. The molecule has 102 valence electrons. The van der Waals surface area contributed by atoms with Gasteiger partial charge in [0.2, 0.25) is 0 Å². The van der Waals surface area contributed by atoms with E-state index in [0.717, 1.165) is 22.9 Å². The van der Waals surface area contributed by atoms with Gasteiger partial charge in [0.15, 0.2) is 0 Å². The van der Waals surface area contributed by atoms with Crippen LogP contribution in [0.15, 0.2) is 29.6 Å². The van der Waals surface area contributed by atoms with Crippen LogP contribution in [0.2, 0.25) is 0 Å². The van der Waals surface area contributed by atoms with Gasteiger partial charge in [-0.25, -0.2) is 4.98 Å². The van der Waals surface area contributed by atoms with E-state index in [0.29, 0.717) is 13.2 Å². The molecular formula is C15H20N2OS. The number of thiazole rings is 1. The van der Waals surface area contributed by atoms with Crippen LogP contribution in [-0.4, -0.2) is 18.1 Å². The second kappa shape index (κ2) is 6.68. The largest absolute Gasteiger partial charge is 0.494 e. The lowest BCUT2D eigenvalue weighted by atomic mass is 9.99. The highest BCUT2D eigenvalue weighted by molar-refractivity contribution is 7.09. The lowest BCUT2D eigenvalue weighted by Crippen LogP contribution is -2.15. The Labute approximate surface area is 118 Å². The van der Waals surface area contributed by atoms with Crippen molar-refractivity contribution >= 4 is 11.3 Å². The molecule has 0 fully saturated rings. The molecule has 0 aliphatic heterocycles. The summed E-state index contributed by atoms with van der Waals surface area (Å²) >= 11 is 1.69. The molecular weight excluding hydrogens is 256 g/mol. The highest BCUT2D eigenvalue weighted by atomic mass is 32.1. The monoisotopic (exact) mass is 276 g/mol. The third kappa shape index (κ3) is 3.55. The normalized spacial score (nSPS) is 12.4. The molecule has 19 heavy (non-hydrogen) atoms. The molecule has 0 amide bonds. The molecule has 2 aromatic rings. The van der Waals surface area contributed by atoms with Gasteiger partial charge in [-0.1, -0.05) is 18.2 Å². The molecule has 0 saturated heterocycles. The topological polar surface area (TPSA) is 48.1 Å². The number of nitrogens with zero attached hydrogens (tertiary/aromatic N) is 1. The van der Waals surface area contributed by atoms with Gasteiger partial charge in [-0.05, 0) is 31.9 Å². The first kappa shape index (κ1) is 14.0. The molecule has 1 unspecified atom stereocenters. The number of aromatic nitrogens is 1.